The molecule has 0 spiro atoms. The van der Waals surface area contributed by atoms with E-state index in [1.54, 1.807) is 0 Å². The van der Waals surface area contributed by atoms with Crippen molar-refractivity contribution < 1.29 is 17.6 Å². The first-order chi connectivity index (χ1) is 11.9. The molecule has 0 bridgehead atoms. The zero-order chi connectivity index (χ0) is 17.9. The van der Waals surface area contributed by atoms with Gasteiger partial charge in [-0.2, -0.15) is 0 Å². The zero-order valence-corrected chi connectivity index (χ0v) is 14.4. The molecule has 0 atom stereocenters. The quantitative estimate of drug-likeness (QED) is 0.814. The van der Waals surface area contributed by atoms with Crippen molar-refractivity contribution in [3.05, 3.63) is 54.3 Å². The molecular formula is C18H19FN2O3S. The Morgan fingerprint density at radius 1 is 0.920 bits per heavy atom. The van der Waals surface area contributed by atoms with Crippen molar-refractivity contribution in [2.45, 2.75) is 41.5 Å². The van der Waals surface area contributed by atoms with Crippen LogP contribution >= 0.6 is 0 Å². The van der Waals surface area contributed by atoms with Crippen LogP contribution in [0.4, 0.5) is 14.9 Å². The SMILES string of the molecule is O=C(Nc1ccc(S(=O)(=O)c2ccc(F)cc2)cc1)NC1CCCC1. The Morgan fingerprint density at radius 2 is 1.44 bits per heavy atom. The van der Waals surface area contributed by atoms with Crippen molar-refractivity contribution in [1.82, 2.24) is 5.32 Å². The molecule has 1 fully saturated rings. The maximum absolute atomic E-state index is 13.0. The fourth-order valence-corrected chi connectivity index (χ4v) is 4.15. The summed E-state index contributed by atoms with van der Waals surface area (Å²) in [5.41, 5.74) is 0.508. The molecule has 3 rings (SSSR count). The van der Waals surface area contributed by atoms with E-state index in [0.29, 0.717) is 5.69 Å². The number of nitrogens with one attached hydrogen (secondary N) is 2. The van der Waals surface area contributed by atoms with Crippen molar-refractivity contribution in [2.75, 3.05) is 5.32 Å². The van der Waals surface area contributed by atoms with Gasteiger partial charge in [-0.05, 0) is 61.4 Å². The van der Waals surface area contributed by atoms with Crippen molar-refractivity contribution >= 4 is 21.6 Å². The second-order valence-corrected chi connectivity index (χ2v) is 8.01. The van der Waals surface area contributed by atoms with Gasteiger partial charge in [0.1, 0.15) is 5.82 Å². The van der Waals surface area contributed by atoms with Crippen LogP contribution in [0.3, 0.4) is 0 Å². The van der Waals surface area contributed by atoms with Gasteiger partial charge in [0.25, 0.3) is 0 Å². The molecule has 0 unspecified atom stereocenters. The molecule has 0 aromatic heterocycles. The predicted octanol–water partition coefficient (Wildman–Crippen LogP) is 3.72. The second-order valence-electron chi connectivity index (χ2n) is 6.06. The highest BCUT2D eigenvalue weighted by Gasteiger charge is 2.19. The van der Waals surface area contributed by atoms with Crippen LogP contribution in [0.5, 0.6) is 0 Å². The lowest BCUT2D eigenvalue weighted by Crippen LogP contribution is -2.36. The highest BCUT2D eigenvalue weighted by molar-refractivity contribution is 7.91. The summed E-state index contributed by atoms with van der Waals surface area (Å²) in [4.78, 5) is 12.0. The highest BCUT2D eigenvalue weighted by Crippen LogP contribution is 2.23. The van der Waals surface area contributed by atoms with Crippen LogP contribution in [0, 0.1) is 5.82 Å². The number of anilines is 1. The van der Waals surface area contributed by atoms with E-state index in [-0.39, 0.29) is 21.9 Å². The Hall–Kier alpha value is -2.41. The van der Waals surface area contributed by atoms with Gasteiger partial charge in [0.2, 0.25) is 9.84 Å². The molecule has 0 saturated heterocycles. The van der Waals surface area contributed by atoms with E-state index in [0.717, 1.165) is 37.8 Å². The van der Waals surface area contributed by atoms with E-state index in [1.165, 1.54) is 36.4 Å². The average Bonchev–Trinajstić information content (AvgIpc) is 3.08. The molecule has 25 heavy (non-hydrogen) atoms. The maximum Gasteiger partial charge on any atom is 0.319 e. The van der Waals surface area contributed by atoms with Gasteiger partial charge in [0.05, 0.1) is 9.79 Å². The molecule has 7 heteroatoms. The van der Waals surface area contributed by atoms with Crippen molar-refractivity contribution in [3.63, 3.8) is 0 Å². The van der Waals surface area contributed by atoms with Gasteiger partial charge < -0.3 is 10.6 Å². The number of halogens is 1. The molecule has 0 aliphatic heterocycles. The van der Waals surface area contributed by atoms with Gasteiger partial charge in [-0.3, -0.25) is 0 Å². The number of carbonyl (C=O) groups is 1. The lowest BCUT2D eigenvalue weighted by molar-refractivity contribution is 0.248. The van der Waals surface area contributed by atoms with E-state index >= 15 is 0 Å². The molecule has 5 nitrogen and oxygen atoms in total. The largest absolute Gasteiger partial charge is 0.335 e. The summed E-state index contributed by atoms with van der Waals surface area (Å²) in [6.07, 6.45) is 4.23. The van der Waals surface area contributed by atoms with Gasteiger partial charge in [-0.1, -0.05) is 12.8 Å². The van der Waals surface area contributed by atoms with E-state index in [9.17, 15) is 17.6 Å². The van der Waals surface area contributed by atoms with Gasteiger partial charge >= 0.3 is 6.03 Å². The summed E-state index contributed by atoms with van der Waals surface area (Å²) in [5.74, 6) is -0.494. The molecule has 2 aromatic carbocycles. The van der Waals surface area contributed by atoms with Crippen LogP contribution in [0.1, 0.15) is 25.7 Å². The molecule has 1 saturated carbocycles. The lowest BCUT2D eigenvalue weighted by atomic mass is 10.2. The third-order valence-electron chi connectivity index (χ3n) is 4.24. The van der Waals surface area contributed by atoms with E-state index in [4.69, 9.17) is 0 Å². The van der Waals surface area contributed by atoms with Crippen LogP contribution < -0.4 is 10.6 Å². The average molecular weight is 362 g/mol. The summed E-state index contributed by atoms with van der Waals surface area (Å²) in [7, 11) is -3.71. The maximum atomic E-state index is 13.0. The number of hydrogen-bond donors (Lipinski definition) is 2. The van der Waals surface area contributed by atoms with Crippen LogP contribution in [0.15, 0.2) is 58.3 Å². The Kier molecular flexibility index (Phi) is 5.03. The van der Waals surface area contributed by atoms with Crippen LogP contribution in [-0.4, -0.2) is 20.5 Å². The molecule has 2 aromatic rings. The number of benzene rings is 2. The number of carbonyl (C=O) groups excluding carboxylic acids is 1. The Labute approximate surface area is 146 Å². The van der Waals surface area contributed by atoms with Crippen LogP contribution in [-0.2, 0) is 9.84 Å². The second kappa shape index (κ2) is 7.23. The molecule has 1 aliphatic rings. The van der Waals surface area contributed by atoms with Gasteiger partial charge in [-0.15, -0.1) is 0 Å². The van der Waals surface area contributed by atoms with Crippen molar-refractivity contribution in [2.24, 2.45) is 0 Å². The Bertz CT molecular complexity index is 843. The van der Waals surface area contributed by atoms with E-state index in [1.807, 2.05) is 0 Å². The fourth-order valence-electron chi connectivity index (χ4n) is 2.89. The lowest BCUT2D eigenvalue weighted by Gasteiger charge is -2.13. The summed E-state index contributed by atoms with van der Waals surface area (Å²) < 4.78 is 37.9. The van der Waals surface area contributed by atoms with Gasteiger partial charge in [0.15, 0.2) is 0 Å². The Balaban J connectivity index is 1.69. The standard InChI is InChI=1S/C18H19FN2O3S/c19-13-5-9-16(10-6-13)25(23,24)17-11-7-15(8-12-17)21-18(22)20-14-3-1-2-4-14/h5-12,14H,1-4H2,(H2,20,21,22). The number of sulfone groups is 1. The zero-order valence-electron chi connectivity index (χ0n) is 13.5. The number of rotatable bonds is 4. The third kappa shape index (κ3) is 4.17. The number of amides is 2. The van der Waals surface area contributed by atoms with E-state index in [2.05, 4.69) is 10.6 Å². The molecule has 0 heterocycles. The molecular weight excluding hydrogens is 343 g/mol. The first-order valence-corrected chi connectivity index (χ1v) is 9.62. The summed E-state index contributed by atoms with van der Waals surface area (Å²) >= 11 is 0. The highest BCUT2D eigenvalue weighted by atomic mass is 32.2. The van der Waals surface area contributed by atoms with Crippen molar-refractivity contribution in [3.8, 4) is 0 Å². The van der Waals surface area contributed by atoms with E-state index < -0.39 is 15.7 Å². The summed E-state index contributed by atoms with van der Waals surface area (Å²) in [6.45, 7) is 0. The van der Waals surface area contributed by atoms with Crippen LogP contribution in [0.2, 0.25) is 0 Å². The first kappa shape index (κ1) is 17.4. The first-order valence-electron chi connectivity index (χ1n) is 8.13. The minimum Gasteiger partial charge on any atom is -0.335 e. The van der Waals surface area contributed by atoms with Crippen molar-refractivity contribution in [1.29, 1.82) is 0 Å². The molecule has 0 radical (unpaired) electrons. The predicted molar refractivity (Wildman–Crippen MR) is 92.7 cm³/mol. The minimum absolute atomic E-state index is 0.0218. The number of hydrogen-bond acceptors (Lipinski definition) is 3. The fraction of sp³-hybridized carbons (Fsp3) is 0.278. The third-order valence-corrected chi connectivity index (χ3v) is 6.02. The molecule has 132 valence electrons. The molecule has 1 aliphatic carbocycles. The number of urea groups is 1. The summed E-state index contributed by atoms with van der Waals surface area (Å²) in [5, 5.41) is 5.60. The molecule has 2 amide bonds. The van der Waals surface area contributed by atoms with Gasteiger partial charge in [0, 0.05) is 11.7 Å². The molecule has 2 N–H and O–H groups in total. The monoisotopic (exact) mass is 362 g/mol. The topological polar surface area (TPSA) is 75.3 Å². The summed E-state index contributed by atoms with van der Waals surface area (Å²) in [6, 6.07) is 10.5. The minimum atomic E-state index is -3.71. The van der Waals surface area contributed by atoms with Gasteiger partial charge in [-0.25, -0.2) is 17.6 Å². The smallest absolute Gasteiger partial charge is 0.319 e. The van der Waals surface area contributed by atoms with Crippen LogP contribution in [0.25, 0.3) is 0 Å². The Morgan fingerprint density at radius 3 is 2.00 bits per heavy atom. The normalized spacial score (nSPS) is 15.1.